The van der Waals surface area contributed by atoms with Crippen LogP contribution < -0.4 is 5.32 Å². The fourth-order valence-electron chi connectivity index (χ4n) is 6.42. The highest BCUT2D eigenvalue weighted by molar-refractivity contribution is 5.76. The van der Waals surface area contributed by atoms with Crippen molar-refractivity contribution < 1.29 is 9.90 Å². The summed E-state index contributed by atoms with van der Waals surface area (Å²) in [4.78, 5) is 15.2. The number of hydrogen-bond acceptors (Lipinski definition) is 2. The normalized spacial score (nSPS) is 34.7. The molecule has 2 bridgehead atoms. The summed E-state index contributed by atoms with van der Waals surface area (Å²) in [6.07, 6.45) is 9.19. The molecule has 4 heteroatoms. The van der Waals surface area contributed by atoms with E-state index in [-0.39, 0.29) is 23.7 Å². The standard InChI is InChI=1S/C22H30N2O2/c25-19-9-12-24(22(19)10-3-4-11-22)21(26)23-20-17-7-8-18(20)14-16-6-2-1-5-15(16)13-17/h1-2,5-6,17-20,25H,3-4,7-14H2,(H,23,26). The van der Waals surface area contributed by atoms with Crippen molar-refractivity contribution in [2.75, 3.05) is 6.54 Å². The number of hydrogen-bond donors (Lipinski definition) is 2. The predicted molar refractivity (Wildman–Crippen MR) is 101 cm³/mol. The summed E-state index contributed by atoms with van der Waals surface area (Å²) in [6.45, 7) is 0.704. The van der Waals surface area contributed by atoms with Crippen LogP contribution in [-0.2, 0) is 12.8 Å². The lowest BCUT2D eigenvalue weighted by molar-refractivity contribution is 0.0473. The highest BCUT2D eigenvalue weighted by Crippen LogP contribution is 2.44. The molecule has 3 fully saturated rings. The third-order valence-electron chi connectivity index (χ3n) is 7.80. The second kappa shape index (κ2) is 6.26. The number of likely N-dealkylation sites (tertiary alicyclic amines) is 1. The van der Waals surface area contributed by atoms with Crippen molar-refractivity contribution in [1.29, 1.82) is 0 Å². The first kappa shape index (κ1) is 16.6. The molecule has 3 unspecified atom stereocenters. The average molecular weight is 354 g/mol. The van der Waals surface area contributed by atoms with Gasteiger partial charge in [0, 0.05) is 12.6 Å². The van der Waals surface area contributed by atoms with Crippen LogP contribution in [-0.4, -0.2) is 40.3 Å². The lowest BCUT2D eigenvalue weighted by Crippen LogP contribution is -2.56. The Morgan fingerprint density at radius 1 is 1.04 bits per heavy atom. The fraction of sp³-hybridized carbons (Fsp3) is 0.682. The van der Waals surface area contributed by atoms with Gasteiger partial charge in [0.1, 0.15) is 0 Å². The zero-order valence-corrected chi connectivity index (χ0v) is 15.5. The van der Waals surface area contributed by atoms with Crippen LogP contribution in [0, 0.1) is 11.8 Å². The SMILES string of the molecule is O=C(NC1C2CCC1Cc1ccccc1C2)N1CCC(O)C12CCCC2. The maximum Gasteiger partial charge on any atom is 0.318 e. The summed E-state index contributed by atoms with van der Waals surface area (Å²) in [7, 11) is 0. The summed E-state index contributed by atoms with van der Waals surface area (Å²) in [5, 5.41) is 14.0. The number of amides is 2. The Labute approximate surface area is 156 Å². The molecule has 26 heavy (non-hydrogen) atoms. The Kier molecular flexibility index (Phi) is 4.00. The summed E-state index contributed by atoms with van der Waals surface area (Å²) < 4.78 is 0. The third-order valence-corrected chi connectivity index (χ3v) is 7.80. The van der Waals surface area contributed by atoms with Crippen LogP contribution >= 0.6 is 0 Å². The van der Waals surface area contributed by atoms with Crippen molar-refractivity contribution >= 4 is 6.03 Å². The minimum Gasteiger partial charge on any atom is -0.391 e. The zero-order valence-electron chi connectivity index (χ0n) is 15.5. The molecule has 1 spiro atoms. The number of aliphatic hydroxyl groups excluding tert-OH is 1. The van der Waals surface area contributed by atoms with Gasteiger partial charge in [0.2, 0.25) is 0 Å². The number of nitrogens with zero attached hydrogens (tertiary/aromatic N) is 1. The molecule has 2 N–H and O–H groups in total. The van der Waals surface area contributed by atoms with Crippen molar-refractivity contribution in [3.8, 4) is 0 Å². The van der Waals surface area contributed by atoms with Gasteiger partial charge in [-0.25, -0.2) is 4.79 Å². The van der Waals surface area contributed by atoms with E-state index in [1.807, 2.05) is 4.90 Å². The lowest BCUT2D eigenvalue weighted by Gasteiger charge is -2.38. The Balaban J connectivity index is 1.35. The highest BCUT2D eigenvalue weighted by atomic mass is 16.3. The molecule has 4 aliphatic rings. The topological polar surface area (TPSA) is 52.6 Å². The van der Waals surface area contributed by atoms with Gasteiger partial charge < -0.3 is 15.3 Å². The molecule has 2 amide bonds. The fourth-order valence-corrected chi connectivity index (χ4v) is 6.42. The van der Waals surface area contributed by atoms with Gasteiger partial charge in [-0.05, 0) is 67.9 Å². The van der Waals surface area contributed by atoms with Gasteiger partial charge in [-0.1, -0.05) is 37.1 Å². The van der Waals surface area contributed by atoms with Gasteiger partial charge in [-0.2, -0.15) is 0 Å². The Bertz CT molecular complexity index is 664. The lowest BCUT2D eigenvalue weighted by atomic mass is 9.91. The third kappa shape index (κ3) is 2.49. The highest BCUT2D eigenvalue weighted by Gasteiger charge is 2.52. The van der Waals surface area contributed by atoms with E-state index in [9.17, 15) is 9.90 Å². The second-order valence-corrected chi connectivity index (χ2v) is 9.02. The largest absolute Gasteiger partial charge is 0.391 e. The molecular weight excluding hydrogens is 324 g/mol. The maximum absolute atomic E-state index is 13.2. The number of rotatable bonds is 1. The van der Waals surface area contributed by atoms with E-state index in [0.717, 1.165) is 44.9 Å². The van der Waals surface area contributed by atoms with Gasteiger partial charge >= 0.3 is 6.03 Å². The first-order valence-corrected chi connectivity index (χ1v) is 10.5. The van der Waals surface area contributed by atoms with Crippen LogP contribution in [0.2, 0.25) is 0 Å². The monoisotopic (exact) mass is 354 g/mol. The van der Waals surface area contributed by atoms with E-state index in [2.05, 4.69) is 29.6 Å². The van der Waals surface area contributed by atoms with Crippen LogP contribution in [0.25, 0.3) is 0 Å². The Morgan fingerprint density at radius 3 is 2.27 bits per heavy atom. The van der Waals surface area contributed by atoms with Gasteiger partial charge in [-0.15, -0.1) is 0 Å². The summed E-state index contributed by atoms with van der Waals surface area (Å²) in [5.74, 6) is 1.11. The van der Waals surface area contributed by atoms with Gasteiger partial charge in [0.05, 0.1) is 11.6 Å². The molecule has 1 aromatic carbocycles. The maximum atomic E-state index is 13.2. The van der Waals surface area contributed by atoms with E-state index < -0.39 is 0 Å². The summed E-state index contributed by atoms with van der Waals surface area (Å²) in [6, 6.07) is 9.17. The first-order valence-electron chi connectivity index (χ1n) is 10.5. The number of carbonyl (C=O) groups excluding carboxylic acids is 1. The van der Waals surface area contributed by atoms with Crippen molar-refractivity contribution in [3.05, 3.63) is 35.4 Å². The van der Waals surface area contributed by atoms with Crippen molar-refractivity contribution in [3.63, 3.8) is 0 Å². The quantitative estimate of drug-likeness (QED) is 0.813. The van der Waals surface area contributed by atoms with E-state index >= 15 is 0 Å². The predicted octanol–water partition coefficient (Wildman–Crippen LogP) is 3.27. The minimum absolute atomic E-state index is 0.0799. The van der Waals surface area contributed by atoms with Gasteiger partial charge in [-0.3, -0.25) is 0 Å². The van der Waals surface area contributed by atoms with Crippen molar-refractivity contribution in [2.45, 2.75) is 75.5 Å². The Morgan fingerprint density at radius 2 is 1.65 bits per heavy atom. The van der Waals surface area contributed by atoms with E-state index in [1.165, 1.54) is 24.0 Å². The molecule has 4 nitrogen and oxygen atoms in total. The molecule has 3 aliphatic carbocycles. The molecule has 0 aromatic heterocycles. The molecule has 1 aliphatic heterocycles. The molecule has 140 valence electrons. The number of aliphatic hydroxyl groups is 1. The zero-order chi connectivity index (χ0) is 17.7. The van der Waals surface area contributed by atoms with E-state index in [0.29, 0.717) is 18.4 Å². The van der Waals surface area contributed by atoms with Crippen LogP contribution in [0.5, 0.6) is 0 Å². The minimum atomic E-state index is -0.342. The van der Waals surface area contributed by atoms with Crippen molar-refractivity contribution in [2.24, 2.45) is 11.8 Å². The molecule has 3 atom stereocenters. The van der Waals surface area contributed by atoms with Gasteiger partial charge in [0.15, 0.2) is 0 Å². The molecule has 1 saturated heterocycles. The van der Waals surface area contributed by atoms with Crippen LogP contribution in [0.4, 0.5) is 4.79 Å². The number of carbonyl (C=O) groups is 1. The van der Waals surface area contributed by atoms with E-state index in [1.54, 1.807) is 0 Å². The smallest absolute Gasteiger partial charge is 0.318 e. The van der Waals surface area contributed by atoms with Crippen molar-refractivity contribution in [1.82, 2.24) is 10.2 Å². The molecule has 5 rings (SSSR count). The van der Waals surface area contributed by atoms with Gasteiger partial charge in [0.25, 0.3) is 0 Å². The summed E-state index contributed by atoms with van der Waals surface area (Å²) >= 11 is 0. The van der Waals surface area contributed by atoms with E-state index in [4.69, 9.17) is 0 Å². The molecule has 0 radical (unpaired) electrons. The van der Waals surface area contributed by atoms with Crippen LogP contribution in [0.15, 0.2) is 24.3 Å². The number of benzene rings is 1. The Hall–Kier alpha value is -1.55. The molecule has 1 aromatic rings. The number of nitrogens with one attached hydrogen (secondary N) is 1. The molecular formula is C22H30N2O2. The second-order valence-electron chi connectivity index (χ2n) is 9.02. The number of fused-ring (bicyclic) bond motifs is 3. The van der Waals surface area contributed by atoms with Crippen LogP contribution in [0.3, 0.4) is 0 Å². The molecule has 1 heterocycles. The summed E-state index contributed by atoms with van der Waals surface area (Å²) in [5.41, 5.74) is 2.67. The average Bonchev–Trinajstić information content (AvgIpc) is 3.30. The van der Waals surface area contributed by atoms with Crippen LogP contribution in [0.1, 0.15) is 56.1 Å². The first-order chi connectivity index (χ1) is 12.7. The number of urea groups is 1. The molecule has 2 saturated carbocycles.